The number of benzene rings is 1. The first-order chi connectivity index (χ1) is 16.3. The lowest BCUT2D eigenvalue weighted by Crippen LogP contribution is -2.35. The predicted molar refractivity (Wildman–Crippen MR) is 138 cm³/mol. The van der Waals surface area contributed by atoms with E-state index in [-0.39, 0.29) is 5.91 Å². The fourth-order valence-electron chi connectivity index (χ4n) is 5.01. The number of rotatable bonds is 7. The van der Waals surface area contributed by atoms with E-state index in [0.717, 1.165) is 66.9 Å². The van der Waals surface area contributed by atoms with Crippen LogP contribution in [-0.4, -0.2) is 60.0 Å². The van der Waals surface area contributed by atoms with Crippen molar-refractivity contribution in [3.05, 3.63) is 47.3 Å². The number of likely N-dealkylation sites (tertiary alicyclic amines) is 2. The van der Waals surface area contributed by atoms with Gasteiger partial charge in [0.15, 0.2) is 0 Å². The lowest BCUT2D eigenvalue weighted by atomic mass is 10.1. The summed E-state index contributed by atoms with van der Waals surface area (Å²) in [6.45, 7) is 6.41. The quantitative estimate of drug-likeness (QED) is 0.446. The van der Waals surface area contributed by atoms with Crippen LogP contribution in [0.3, 0.4) is 0 Å². The molecule has 1 N–H and O–H groups in total. The molecule has 0 saturated carbocycles. The Hall–Kier alpha value is -2.44. The number of hydrogen-bond acceptors (Lipinski definition) is 5. The number of pyridine rings is 1. The van der Waals surface area contributed by atoms with Crippen LogP contribution in [-0.2, 0) is 0 Å². The zero-order valence-electron chi connectivity index (χ0n) is 19.4. The van der Waals surface area contributed by atoms with Gasteiger partial charge in [-0.05, 0) is 87.8 Å². The van der Waals surface area contributed by atoms with Crippen LogP contribution in [0.5, 0.6) is 0 Å². The topological polar surface area (TPSA) is 48.5 Å². The van der Waals surface area contributed by atoms with Gasteiger partial charge in [-0.1, -0.05) is 18.6 Å². The van der Waals surface area contributed by atoms with Crippen LogP contribution in [0.1, 0.15) is 55.3 Å². The maximum atomic E-state index is 12.8. The summed E-state index contributed by atoms with van der Waals surface area (Å²) in [5.74, 6) is 0.151. The van der Waals surface area contributed by atoms with Crippen molar-refractivity contribution in [3.63, 3.8) is 0 Å². The second-order valence-electron chi connectivity index (χ2n) is 9.30. The first kappa shape index (κ1) is 22.4. The first-order valence-electron chi connectivity index (χ1n) is 12.5. The third-order valence-electron chi connectivity index (χ3n) is 6.90. The van der Waals surface area contributed by atoms with Gasteiger partial charge in [-0.25, -0.2) is 4.98 Å². The van der Waals surface area contributed by atoms with Gasteiger partial charge in [-0.2, -0.15) is 0 Å². The van der Waals surface area contributed by atoms with E-state index >= 15 is 0 Å². The average molecular weight is 463 g/mol. The molecule has 0 aliphatic carbocycles. The molecule has 2 saturated heterocycles. The summed E-state index contributed by atoms with van der Waals surface area (Å²) in [6.07, 6.45) is 8.69. The summed E-state index contributed by atoms with van der Waals surface area (Å²) in [4.78, 5) is 22.3. The average Bonchev–Trinajstić information content (AvgIpc) is 3.36. The maximum Gasteiger partial charge on any atom is 0.253 e. The maximum absolute atomic E-state index is 12.8. The molecule has 0 radical (unpaired) electrons. The number of carbonyl (C=O) groups is 1. The summed E-state index contributed by atoms with van der Waals surface area (Å²) >= 11 is 1.74. The number of aromatic nitrogens is 1. The third kappa shape index (κ3) is 5.39. The monoisotopic (exact) mass is 462 g/mol. The molecular weight excluding hydrogens is 428 g/mol. The molecule has 1 aromatic carbocycles. The summed E-state index contributed by atoms with van der Waals surface area (Å²) in [5.41, 5.74) is 4.97. The highest BCUT2D eigenvalue weighted by atomic mass is 32.1. The van der Waals surface area contributed by atoms with Crippen molar-refractivity contribution in [2.75, 3.05) is 44.6 Å². The Morgan fingerprint density at radius 2 is 1.67 bits per heavy atom. The number of hydrogen-bond donors (Lipinski definition) is 1. The zero-order chi connectivity index (χ0) is 22.5. The minimum absolute atomic E-state index is 0.151. The van der Waals surface area contributed by atoms with Crippen LogP contribution in [0.15, 0.2) is 41.8 Å². The van der Waals surface area contributed by atoms with E-state index < -0.39 is 0 Å². The van der Waals surface area contributed by atoms with Crippen molar-refractivity contribution in [1.29, 1.82) is 0 Å². The van der Waals surface area contributed by atoms with Gasteiger partial charge in [0.1, 0.15) is 0 Å². The van der Waals surface area contributed by atoms with Gasteiger partial charge in [0.2, 0.25) is 0 Å². The minimum Gasteiger partial charge on any atom is -0.384 e. The number of nitrogens with one attached hydrogen (secondary N) is 1. The number of thiophene rings is 1. The van der Waals surface area contributed by atoms with Crippen LogP contribution in [0.25, 0.3) is 21.5 Å². The van der Waals surface area contributed by atoms with Gasteiger partial charge in [0, 0.05) is 30.8 Å². The van der Waals surface area contributed by atoms with Crippen LogP contribution < -0.4 is 5.32 Å². The van der Waals surface area contributed by atoms with Gasteiger partial charge in [-0.15, -0.1) is 11.3 Å². The number of anilines is 1. The van der Waals surface area contributed by atoms with E-state index in [1.807, 2.05) is 29.2 Å². The summed E-state index contributed by atoms with van der Waals surface area (Å²) in [7, 11) is 0. The zero-order valence-corrected chi connectivity index (χ0v) is 20.2. The number of nitrogens with zero attached hydrogens (tertiary/aromatic N) is 3. The Labute approximate surface area is 200 Å². The van der Waals surface area contributed by atoms with Crippen molar-refractivity contribution in [1.82, 2.24) is 14.8 Å². The molecule has 33 heavy (non-hydrogen) atoms. The van der Waals surface area contributed by atoms with Crippen molar-refractivity contribution in [3.8, 4) is 11.3 Å². The normalized spacial score (nSPS) is 17.4. The van der Waals surface area contributed by atoms with Crippen molar-refractivity contribution >= 4 is 33.1 Å². The number of piperidine rings is 2. The Balaban J connectivity index is 1.27. The lowest BCUT2D eigenvalue weighted by molar-refractivity contribution is 0.0724. The SMILES string of the molecule is O=C(c1ccc(-c2cc(NCCCN3CCCCC3)c3sccc3n2)cc1)N1CCCCC1. The fraction of sp³-hybridized carbons (Fsp3) is 0.481. The Morgan fingerprint density at radius 3 is 2.42 bits per heavy atom. The molecule has 2 fully saturated rings. The Bertz CT molecular complexity index is 1070. The second kappa shape index (κ2) is 10.7. The van der Waals surface area contributed by atoms with Crippen LogP contribution in [0.4, 0.5) is 5.69 Å². The summed E-state index contributed by atoms with van der Waals surface area (Å²) in [5, 5.41) is 5.79. The van der Waals surface area contributed by atoms with Gasteiger partial charge < -0.3 is 15.1 Å². The highest BCUT2D eigenvalue weighted by molar-refractivity contribution is 7.17. The van der Waals surface area contributed by atoms with Gasteiger partial charge in [0.05, 0.1) is 21.6 Å². The molecule has 0 atom stereocenters. The van der Waals surface area contributed by atoms with E-state index in [1.165, 1.54) is 50.0 Å². The van der Waals surface area contributed by atoms with Gasteiger partial charge in [0.25, 0.3) is 5.91 Å². The molecule has 5 nitrogen and oxygen atoms in total. The van der Waals surface area contributed by atoms with E-state index in [2.05, 4.69) is 27.7 Å². The van der Waals surface area contributed by atoms with Gasteiger partial charge in [-0.3, -0.25) is 4.79 Å². The lowest BCUT2D eigenvalue weighted by Gasteiger charge is -2.26. The molecule has 2 aromatic heterocycles. The molecule has 2 aliphatic heterocycles. The van der Waals surface area contributed by atoms with Crippen LogP contribution in [0, 0.1) is 0 Å². The van der Waals surface area contributed by atoms with Crippen molar-refractivity contribution in [2.45, 2.75) is 44.9 Å². The predicted octanol–water partition coefficient (Wildman–Crippen LogP) is 5.88. The second-order valence-corrected chi connectivity index (χ2v) is 10.2. The molecule has 2 aliphatic rings. The highest BCUT2D eigenvalue weighted by Crippen LogP contribution is 2.32. The molecule has 174 valence electrons. The molecule has 6 heteroatoms. The molecule has 5 rings (SSSR count). The van der Waals surface area contributed by atoms with E-state index in [0.29, 0.717) is 0 Å². The largest absolute Gasteiger partial charge is 0.384 e. The number of fused-ring (bicyclic) bond motifs is 1. The van der Waals surface area contributed by atoms with E-state index in [1.54, 1.807) is 11.3 Å². The first-order valence-corrected chi connectivity index (χ1v) is 13.4. The number of amides is 1. The van der Waals surface area contributed by atoms with Crippen LogP contribution in [0.2, 0.25) is 0 Å². The van der Waals surface area contributed by atoms with Crippen LogP contribution >= 0.6 is 11.3 Å². The summed E-state index contributed by atoms with van der Waals surface area (Å²) in [6, 6.07) is 12.3. The van der Waals surface area contributed by atoms with Gasteiger partial charge >= 0.3 is 0 Å². The van der Waals surface area contributed by atoms with Crippen molar-refractivity contribution in [2.24, 2.45) is 0 Å². The fourth-order valence-corrected chi connectivity index (χ4v) is 5.83. The molecule has 0 spiro atoms. The molecule has 1 amide bonds. The number of carbonyl (C=O) groups excluding carboxylic acids is 1. The Kier molecular flexibility index (Phi) is 7.22. The third-order valence-corrected chi connectivity index (χ3v) is 7.83. The minimum atomic E-state index is 0.151. The molecule has 0 bridgehead atoms. The van der Waals surface area contributed by atoms with E-state index in [4.69, 9.17) is 4.98 Å². The summed E-state index contributed by atoms with van der Waals surface area (Å²) < 4.78 is 1.22. The highest BCUT2D eigenvalue weighted by Gasteiger charge is 2.18. The smallest absolute Gasteiger partial charge is 0.253 e. The molecular formula is C27H34N4OS. The van der Waals surface area contributed by atoms with E-state index in [9.17, 15) is 4.79 Å². The Morgan fingerprint density at radius 1 is 0.939 bits per heavy atom. The van der Waals surface area contributed by atoms with Crippen molar-refractivity contribution < 1.29 is 4.79 Å². The molecule has 0 unspecified atom stereocenters. The standard InChI is InChI=1S/C27H34N4OS/c32-27(31-17-5-2-6-18-31)22-10-8-21(9-11-22)24-20-25(26-23(29-24)12-19-33-26)28-13-7-16-30-14-3-1-4-15-30/h8-12,19-20H,1-7,13-18H2,(H,28,29). The molecule has 4 heterocycles. The molecule has 3 aromatic rings.